The second-order valence-corrected chi connectivity index (χ2v) is 5.99. The first kappa shape index (κ1) is 14.0. The highest BCUT2D eigenvalue weighted by Crippen LogP contribution is 2.19. The van der Waals surface area contributed by atoms with E-state index in [1.807, 2.05) is 25.3 Å². The predicted molar refractivity (Wildman–Crippen MR) is 87.2 cm³/mol. The van der Waals surface area contributed by atoms with E-state index in [2.05, 4.69) is 24.8 Å². The Kier molecular flexibility index (Phi) is 3.37. The van der Waals surface area contributed by atoms with Gasteiger partial charge < -0.3 is 14.9 Å². The third-order valence-corrected chi connectivity index (χ3v) is 4.46. The molecule has 0 aliphatic carbocycles. The van der Waals surface area contributed by atoms with Crippen molar-refractivity contribution in [1.29, 1.82) is 0 Å². The fourth-order valence-electron chi connectivity index (χ4n) is 3.23. The lowest BCUT2D eigenvalue weighted by molar-refractivity contribution is 0.0949. The highest BCUT2D eigenvalue weighted by molar-refractivity contribution is 5.96. The molecule has 0 unspecified atom stereocenters. The number of aryl methyl sites for hydroxylation is 2. The van der Waals surface area contributed by atoms with E-state index in [1.54, 1.807) is 6.20 Å². The van der Waals surface area contributed by atoms with Crippen molar-refractivity contribution >= 4 is 16.9 Å². The second kappa shape index (κ2) is 5.53. The number of rotatable bonds is 3. The minimum atomic E-state index is -0.105. The Morgan fingerprint density at radius 3 is 3.26 bits per heavy atom. The number of carbonyl (C=O) groups is 1. The summed E-state index contributed by atoms with van der Waals surface area (Å²) in [5.41, 5.74) is 3.50. The van der Waals surface area contributed by atoms with Crippen LogP contribution in [0.5, 0.6) is 0 Å². The van der Waals surface area contributed by atoms with Gasteiger partial charge in [0.1, 0.15) is 11.5 Å². The Bertz CT molecular complexity index is 876. The van der Waals surface area contributed by atoms with E-state index in [9.17, 15) is 4.79 Å². The topological polar surface area (TPSA) is 75.6 Å². The maximum Gasteiger partial charge on any atom is 0.253 e. The molecule has 4 heterocycles. The van der Waals surface area contributed by atoms with Crippen LogP contribution in [0.2, 0.25) is 0 Å². The molecule has 6 heteroatoms. The highest BCUT2D eigenvalue weighted by atomic mass is 16.1. The summed E-state index contributed by atoms with van der Waals surface area (Å²) in [6.07, 6.45) is 6.83. The largest absolute Gasteiger partial charge is 0.346 e. The summed E-state index contributed by atoms with van der Waals surface area (Å²) in [5.74, 6) is 1.04. The lowest BCUT2D eigenvalue weighted by Crippen LogP contribution is -2.25. The van der Waals surface area contributed by atoms with Gasteiger partial charge in [-0.05, 0) is 31.9 Å². The van der Waals surface area contributed by atoms with Crippen LogP contribution in [0.1, 0.15) is 40.4 Å². The average molecular weight is 309 g/mol. The Balaban J connectivity index is 1.52. The van der Waals surface area contributed by atoms with Crippen LogP contribution < -0.4 is 5.32 Å². The van der Waals surface area contributed by atoms with E-state index in [0.29, 0.717) is 12.1 Å². The molecule has 1 aliphatic rings. The first-order valence-corrected chi connectivity index (χ1v) is 7.98. The molecule has 3 aromatic heterocycles. The fraction of sp³-hybridized carbons (Fsp3) is 0.353. The number of imidazole rings is 1. The second-order valence-electron chi connectivity index (χ2n) is 5.99. The van der Waals surface area contributed by atoms with Crippen LogP contribution in [0, 0.1) is 6.92 Å². The molecule has 6 nitrogen and oxygen atoms in total. The molecule has 0 aromatic carbocycles. The maximum atomic E-state index is 12.4. The zero-order chi connectivity index (χ0) is 15.8. The number of carbonyl (C=O) groups excluding carboxylic acids is 1. The van der Waals surface area contributed by atoms with Gasteiger partial charge >= 0.3 is 0 Å². The third kappa shape index (κ3) is 2.50. The summed E-state index contributed by atoms with van der Waals surface area (Å²) >= 11 is 0. The molecule has 4 rings (SSSR count). The van der Waals surface area contributed by atoms with Crippen LogP contribution in [-0.2, 0) is 19.5 Å². The number of H-pyrrole nitrogens is 1. The monoisotopic (exact) mass is 309 g/mol. The molecule has 2 N–H and O–H groups in total. The van der Waals surface area contributed by atoms with Crippen LogP contribution in [0.3, 0.4) is 0 Å². The van der Waals surface area contributed by atoms with Crippen molar-refractivity contribution < 1.29 is 4.79 Å². The molecule has 1 aliphatic heterocycles. The average Bonchev–Trinajstić information content (AvgIpc) is 3.15. The molecule has 0 bridgehead atoms. The first-order chi connectivity index (χ1) is 11.2. The van der Waals surface area contributed by atoms with Gasteiger partial charge in [0, 0.05) is 30.7 Å². The molecular weight excluding hydrogens is 290 g/mol. The molecule has 118 valence electrons. The van der Waals surface area contributed by atoms with Crippen LogP contribution >= 0.6 is 0 Å². The third-order valence-electron chi connectivity index (χ3n) is 4.46. The Morgan fingerprint density at radius 1 is 1.43 bits per heavy atom. The van der Waals surface area contributed by atoms with Gasteiger partial charge in [-0.2, -0.15) is 0 Å². The number of fused-ring (bicyclic) bond motifs is 2. The van der Waals surface area contributed by atoms with Gasteiger partial charge in [-0.1, -0.05) is 0 Å². The van der Waals surface area contributed by atoms with Gasteiger partial charge in [-0.15, -0.1) is 0 Å². The summed E-state index contributed by atoms with van der Waals surface area (Å²) in [6, 6.07) is 3.77. The number of hydrogen-bond donors (Lipinski definition) is 2. The zero-order valence-corrected chi connectivity index (χ0v) is 13.1. The van der Waals surface area contributed by atoms with Crippen molar-refractivity contribution in [3.8, 4) is 0 Å². The number of pyridine rings is 1. The smallest absolute Gasteiger partial charge is 0.253 e. The molecule has 3 aromatic rings. The molecule has 0 saturated heterocycles. The minimum Gasteiger partial charge on any atom is -0.346 e. The molecule has 0 spiro atoms. The van der Waals surface area contributed by atoms with Crippen molar-refractivity contribution in [3.05, 3.63) is 47.3 Å². The fourth-order valence-corrected chi connectivity index (χ4v) is 3.23. The van der Waals surface area contributed by atoms with Crippen molar-refractivity contribution in [1.82, 2.24) is 24.8 Å². The number of amides is 1. The summed E-state index contributed by atoms with van der Waals surface area (Å²) in [6.45, 7) is 3.52. The van der Waals surface area contributed by atoms with Crippen molar-refractivity contribution in [2.75, 3.05) is 0 Å². The van der Waals surface area contributed by atoms with E-state index in [4.69, 9.17) is 0 Å². The number of nitrogens with one attached hydrogen (secondary N) is 2. The molecule has 1 amide bonds. The van der Waals surface area contributed by atoms with Gasteiger partial charge in [-0.25, -0.2) is 9.97 Å². The van der Waals surface area contributed by atoms with Crippen molar-refractivity contribution in [2.24, 2.45) is 0 Å². The normalized spacial score (nSPS) is 14.0. The van der Waals surface area contributed by atoms with Gasteiger partial charge in [0.15, 0.2) is 0 Å². The van der Waals surface area contributed by atoms with Gasteiger partial charge in [0.05, 0.1) is 23.5 Å². The molecule has 0 saturated carbocycles. The molecule has 23 heavy (non-hydrogen) atoms. The summed E-state index contributed by atoms with van der Waals surface area (Å²) < 4.78 is 2.26. The number of aromatic nitrogens is 4. The maximum absolute atomic E-state index is 12.4. The molecule has 0 radical (unpaired) electrons. The van der Waals surface area contributed by atoms with Crippen LogP contribution in [0.15, 0.2) is 24.5 Å². The summed E-state index contributed by atoms with van der Waals surface area (Å²) in [5, 5.41) is 3.94. The van der Waals surface area contributed by atoms with E-state index in [0.717, 1.165) is 41.2 Å². The van der Waals surface area contributed by atoms with Gasteiger partial charge in [0.2, 0.25) is 0 Å². The quantitative estimate of drug-likeness (QED) is 0.779. The van der Waals surface area contributed by atoms with Crippen molar-refractivity contribution in [2.45, 2.75) is 39.3 Å². The Morgan fingerprint density at radius 2 is 2.35 bits per heavy atom. The Labute approximate surface area is 133 Å². The molecule has 0 atom stereocenters. The lowest BCUT2D eigenvalue weighted by Gasteiger charge is -2.16. The van der Waals surface area contributed by atoms with Crippen LogP contribution in [-0.4, -0.2) is 25.4 Å². The summed E-state index contributed by atoms with van der Waals surface area (Å²) in [4.78, 5) is 24.3. The van der Waals surface area contributed by atoms with E-state index >= 15 is 0 Å². The van der Waals surface area contributed by atoms with Crippen molar-refractivity contribution in [3.63, 3.8) is 0 Å². The zero-order valence-electron chi connectivity index (χ0n) is 13.1. The van der Waals surface area contributed by atoms with Crippen LogP contribution in [0.4, 0.5) is 0 Å². The minimum absolute atomic E-state index is 0.105. The number of hydrogen-bond acceptors (Lipinski definition) is 3. The Hall–Kier alpha value is -2.63. The number of nitrogens with zero attached hydrogens (tertiary/aromatic N) is 3. The van der Waals surface area contributed by atoms with Crippen LogP contribution in [0.25, 0.3) is 11.0 Å². The van der Waals surface area contributed by atoms with Gasteiger partial charge in [-0.3, -0.25) is 4.79 Å². The molecular formula is C17H19N5O. The van der Waals surface area contributed by atoms with Gasteiger partial charge in [0.25, 0.3) is 5.91 Å². The van der Waals surface area contributed by atoms with E-state index in [-0.39, 0.29) is 5.91 Å². The predicted octanol–water partition coefficient (Wildman–Crippen LogP) is 2.33. The standard InChI is InChI=1S/C17H19N5O/c1-11-14(22-7-3-2-4-15(22)21-11)10-20-17(23)13-8-12-5-6-18-16(12)19-9-13/h5-6,8-9H,2-4,7,10H2,1H3,(H,18,19)(H,20,23). The first-order valence-electron chi connectivity index (χ1n) is 7.98. The lowest BCUT2D eigenvalue weighted by atomic mass is 10.1. The molecule has 0 fully saturated rings. The van der Waals surface area contributed by atoms with E-state index in [1.165, 1.54) is 12.8 Å². The van der Waals surface area contributed by atoms with E-state index < -0.39 is 0 Å². The highest BCUT2D eigenvalue weighted by Gasteiger charge is 2.18. The SMILES string of the molecule is Cc1nc2n(c1CNC(=O)c1cnc3[nH]ccc3c1)CCCC2. The number of aromatic amines is 1. The summed E-state index contributed by atoms with van der Waals surface area (Å²) in [7, 11) is 0.